The fraction of sp³-hybridized carbons (Fsp3) is 0.318. The van der Waals surface area contributed by atoms with E-state index in [-0.39, 0.29) is 18.2 Å². The van der Waals surface area contributed by atoms with Crippen LogP contribution >= 0.6 is 0 Å². The first-order valence-corrected chi connectivity index (χ1v) is 9.33. The van der Waals surface area contributed by atoms with Gasteiger partial charge in [0.15, 0.2) is 5.78 Å². The minimum Gasteiger partial charge on any atom is -0.319 e. The van der Waals surface area contributed by atoms with E-state index in [9.17, 15) is 14.4 Å². The molecule has 1 fully saturated rings. The van der Waals surface area contributed by atoms with E-state index in [1.54, 1.807) is 12.1 Å². The lowest BCUT2D eigenvalue weighted by Gasteiger charge is -2.26. The highest BCUT2D eigenvalue weighted by Gasteiger charge is 2.52. The van der Waals surface area contributed by atoms with Gasteiger partial charge in [-0.05, 0) is 24.0 Å². The highest BCUT2D eigenvalue weighted by atomic mass is 16.2. The molecular weight excluding hydrogens is 340 g/mol. The summed E-state index contributed by atoms with van der Waals surface area (Å²) in [7, 11) is 0. The van der Waals surface area contributed by atoms with Gasteiger partial charge in [-0.1, -0.05) is 74.9 Å². The van der Waals surface area contributed by atoms with Gasteiger partial charge in [0, 0.05) is 5.56 Å². The summed E-state index contributed by atoms with van der Waals surface area (Å²) in [6, 6.07) is 16.0. The number of urea groups is 1. The van der Waals surface area contributed by atoms with Crippen LogP contribution in [0, 0.1) is 0 Å². The Bertz CT molecular complexity index is 846. The van der Waals surface area contributed by atoms with Crippen molar-refractivity contribution in [3.8, 4) is 0 Å². The quantitative estimate of drug-likeness (QED) is 0.602. The average Bonchev–Trinajstić information content (AvgIpc) is 2.94. The second kappa shape index (κ2) is 7.74. The van der Waals surface area contributed by atoms with Crippen LogP contribution in [-0.4, -0.2) is 29.2 Å². The van der Waals surface area contributed by atoms with Crippen LogP contribution in [0.2, 0.25) is 0 Å². The largest absolute Gasteiger partial charge is 0.325 e. The van der Waals surface area contributed by atoms with E-state index < -0.39 is 11.6 Å². The molecule has 0 saturated carbocycles. The average molecular weight is 364 g/mol. The van der Waals surface area contributed by atoms with Gasteiger partial charge in [-0.3, -0.25) is 14.5 Å². The SMILES string of the molecule is CCC[C@]1(c2ccccc2)NC(=O)N(CC(=O)c2ccc(CC)cc2)C1=O. The Morgan fingerprint density at radius 1 is 1.00 bits per heavy atom. The molecule has 1 saturated heterocycles. The molecule has 1 aliphatic rings. The third-order valence-electron chi connectivity index (χ3n) is 5.05. The zero-order valence-electron chi connectivity index (χ0n) is 15.7. The smallest absolute Gasteiger partial charge is 0.319 e. The minimum absolute atomic E-state index is 0.249. The summed E-state index contributed by atoms with van der Waals surface area (Å²) in [4.78, 5) is 39.4. The van der Waals surface area contributed by atoms with Gasteiger partial charge in [-0.25, -0.2) is 4.79 Å². The number of imide groups is 1. The van der Waals surface area contributed by atoms with Crippen molar-refractivity contribution >= 4 is 17.7 Å². The molecule has 0 unspecified atom stereocenters. The number of carbonyl (C=O) groups is 3. The van der Waals surface area contributed by atoms with Gasteiger partial charge in [-0.2, -0.15) is 0 Å². The molecular formula is C22H24N2O3. The van der Waals surface area contributed by atoms with Crippen LogP contribution in [0.3, 0.4) is 0 Å². The van der Waals surface area contributed by atoms with Gasteiger partial charge in [0.2, 0.25) is 0 Å². The van der Waals surface area contributed by atoms with Gasteiger partial charge in [0.05, 0.1) is 6.54 Å². The van der Waals surface area contributed by atoms with Gasteiger partial charge >= 0.3 is 6.03 Å². The Labute approximate surface area is 159 Å². The molecule has 2 aromatic rings. The van der Waals surface area contributed by atoms with Crippen molar-refractivity contribution in [3.63, 3.8) is 0 Å². The number of nitrogens with zero attached hydrogens (tertiary/aromatic N) is 1. The number of benzene rings is 2. The maximum absolute atomic E-state index is 13.2. The summed E-state index contributed by atoms with van der Waals surface area (Å²) in [6.45, 7) is 3.75. The zero-order valence-corrected chi connectivity index (χ0v) is 15.7. The maximum Gasteiger partial charge on any atom is 0.325 e. The number of ketones is 1. The summed E-state index contributed by atoms with van der Waals surface area (Å²) in [5.74, 6) is -0.611. The fourth-order valence-corrected chi connectivity index (χ4v) is 3.54. The molecule has 0 aliphatic carbocycles. The number of Topliss-reactive ketones (excluding diaryl/α,β-unsaturated/α-hetero) is 1. The maximum atomic E-state index is 13.2. The van der Waals surface area contributed by atoms with Crippen molar-refractivity contribution in [1.29, 1.82) is 0 Å². The number of amides is 3. The van der Waals surface area contributed by atoms with Gasteiger partial charge in [0.25, 0.3) is 5.91 Å². The number of hydrogen-bond acceptors (Lipinski definition) is 3. The van der Waals surface area contributed by atoms with Gasteiger partial charge in [-0.15, -0.1) is 0 Å². The molecule has 1 aliphatic heterocycles. The highest BCUT2D eigenvalue weighted by Crippen LogP contribution is 2.33. The number of hydrogen-bond donors (Lipinski definition) is 1. The first-order valence-electron chi connectivity index (χ1n) is 9.33. The van der Waals surface area contributed by atoms with E-state index >= 15 is 0 Å². The Hall–Kier alpha value is -2.95. The van der Waals surface area contributed by atoms with Gasteiger partial charge < -0.3 is 5.32 Å². The second-order valence-electron chi connectivity index (χ2n) is 6.82. The molecule has 0 spiro atoms. The highest BCUT2D eigenvalue weighted by molar-refractivity contribution is 6.11. The van der Waals surface area contributed by atoms with E-state index in [4.69, 9.17) is 0 Å². The molecule has 2 aromatic carbocycles. The lowest BCUT2D eigenvalue weighted by Crippen LogP contribution is -2.44. The molecule has 0 bridgehead atoms. The monoisotopic (exact) mass is 364 g/mol. The minimum atomic E-state index is -1.10. The van der Waals surface area contributed by atoms with Crippen molar-refractivity contribution in [2.45, 2.75) is 38.6 Å². The van der Waals surface area contributed by atoms with Crippen LogP contribution in [-0.2, 0) is 16.8 Å². The van der Waals surface area contributed by atoms with E-state index in [1.807, 2.05) is 56.3 Å². The molecule has 5 nitrogen and oxygen atoms in total. The topological polar surface area (TPSA) is 66.5 Å². The molecule has 1 atom stereocenters. The van der Waals surface area contributed by atoms with Crippen molar-refractivity contribution in [1.82, 2.24) is 10.2 Å². The number of carbonyl (C=O) groups excluding carboxylic acids is 3. The van der Waals surface area contributed by atoms with E-state index in [0.29, 0.717) is 12.0 Å². The third-order valence-corrected chi connectivity index (χ3v) is 5.05. The van der Waals surface area contributed by atoms with Crippen LogP contribution < -0.4 is 5.32 Å². The number of rotatable bonds is 7. The number of nitrogens with one attached hydrogen (secondary N) is 1. The summed E-state index contributed by atoms with van der Waals surface area (Å²) in [5.41, 5.74) is 1.28. The molecule has 5 heteroatoms. The lowest BCUT2D eigenvalue weighted by molar-refractivity contribution is -0.131. The van der Waals surface area contributed by atoms with Crippen molar-refractivity contribution in [2.24, 2.45) is 0 Å². The van der Waals surface area contributed by atoms with Crippen LogP contribution in [0.25, 0.3) is 0 Å². The molecule has 140 valence electrons. The Morgan fingerprint density at radius 3 is 2.26 bits per heavy atom. The van der Waals surface area contributed by atoms with E-state index in [1.165, 1.54) is 0 Å². The molecule has 3 rings (SSSR count). The molecule has 1 N–H and O–H groups in total. The molecule has 3 amide bonds. The predicted molar refractivity (Wildman–Crippen MR) is 103 cm³/mol. The van der Waals surface area contributed by atoms with Crippen LogP contribution in [0.5, 0.6) is 0 Å². The Morgan fingerprint density at radius 2 is 1.67 bits per heavy atom. The third kappa shape index (κ3) is 3.50. The van der Waals surface area contributed by atoms with Crippen LogP contribution in [0.1, 0.15) is 48.2 Å². The first kappa shape index (κ1) is 18.8. The fourth-order valence-electron chi connectivity index (χ4n) is 3.54. The Kier molecular flexibility index (Phi) is 5.40. The lowest BCUT2D eigenvalue weighted by atomic mass is 9.85. The second-order valence-corrected chi connectivity index (χ2v) is 6.82. The predicted octanol–water partition coefficient (Wildman–Crippen LogP) is 3.68. The molecule has 0 radical (unpaired) electrons. The summed E-state index contributed by atoms with van der Waals surface area (Å²) < 4.78 is 0. The van der Waals surface area contributed by atoms with E-state index in [2.05, 4.69) is 5.32 Å². The standard InChI is InChI=1S/C22H24N2O3/c1-3-14-22(18-8-6-5-7-9-18)20(26)24(21(27)23-22)15-19(25)17-12-10-16(4-2)11-13-17/h5-13H,3-4,14-15H2,1-2H3,(H,23,27)/t22-/m1/s1. The summed E-state index contributed by atoms with van der Waals surface area (Å²) >= 11 is 0. The first-order chi connectivity index (χ1) is 13.0. The van der Waals surface area contributed by atoms with E-state index in [0.717, 1.165) is 28.9 Å². The van der Waals surface area contributed by atoms with Crippen molar-refractivity contribution < 1.29 is 14.4 Å². The van der Waals surface area contributed by atoms with Crippen molar-refractivity contribution in [2.75, 3.05) is 6.54 Å². The Balaban J connectivity index is 1.85. The van der Waals surface area contributed by atoms with Crippen molar-refractivity contribution in [3.05, 3.63) is 71.3 Å². The summed E-state index contributed by atoms with van der Waals surface area (Å²) in [5, 5.41) is 2.84. The normalized spacial score (nSPS) is 19.3. The number of aryl methyl sites for hydroxylation is 1. The molecule has 1 heterocycles. The van der Waals surface area contributed by atoms with Crippen LogP contribution in [0.4, 0.5) is 4.79 Å². The zero-order chi connectivity index (χ0) is 19.4. The molecule has 0 aromatic heterocycles. The van der Waals surface area contributed by atoms with Gasteiger partial charge in [0.1, 0.15) is 5.54 Å². The molecule has 27 heavy (non-hydrogen) atoms. The summed E-state index contributed by atoms with van der Waals surface area (Å²) in [6.07, 6.45) is 2.09. The van der Waals surface area contributed by atoms with Crippen LogP contribution in [0.15, 0.2) is 54.6 Å².